The topological polar surface area (TPSA) is 71.6 Å². The van der Waals surface area contributed by atoms with Gasteiger partial charge in [-0.05, 0) is 19.9 Å². The molecule has 0 radical (unpaired) electrons. The Bertz CT molecular complexity index is 452. The number of methoxy groups -OCH3 is 1. The molecule has 0 aliphatic carbocycles. The van der Waals surface area contributed by atoms with E-state index in [0.29, 0.717) is 24.7 Å². The van der Waals surface area contributed by atoms with Crippen LogP contribution in [0.3, 0.4) is 0 Å². The van der Waals surface area contributed by atoms with Crippen LogP contribution in [0.25, 0.3) is 0 Å². The van der Waals surface area contributed by atoms with E-state index in [2.05, 4.69) is 4.98 Å². The lowest BCUT2D eigenvalue weighted by atomic mass is 10.1. The highest BCUT2D eigenvalue weighted by Gasteiger charge is 2.16. The number of aromatic nitrogens is 1. The average Bonchev–Trinajstić information content (AvgIpc) is 2.32. The third-order valence-electron chi connectivity index (χ3n) is 2.83. The van der Waals surface area contributed by atoms with Gasteiger partial charge in [-0.25, -0.2) is 0 Å². The Kier molecular flexibility index (Phi) is 6.14. The number of nitrogens with two attached hydrogens (primary N) is 1. The summed E-state index contributed by atoms with van der Waals surface area (Å²) in [6, 6.07) is 1.94. The number of thiocarbonyl (C=S) groups is 1. The van der Waals surface area contributed by atoms with Gasteiger partial charge in [0.1, 0.15) is 4.99 Å². The molecule has 1 aromatic rings. The first-order valence-corrected chi connectivity index (χ1v) is 6.54. The van der Waals surface area contributed by atoms with Crippen LogP contribution in [0.15, 0.2) is 6.07 Å². The molecule has 19 heavy (non-hydrogen) atoms. The van der Waals surface area contributed by atoms with E-state index in [4.69, 9.17) is 22.7 Å². The van der Waals surface area contributed by atoms with Crippen molar-refractivity contribution < 1.29 is 9.84 Å². The quantitative estimate of drug-likeness (QED) is 0.721. The van der Waals surface area contributed by atoms with E-state index in [-0.39, 0.29) is 6.61 Å². The molecule has 0 amide bonds. The second-order valence-electron chi connectivity index (χ2n) is 4.31. The van der Waals surface area contributed by atoms with Crippen LogP contribution in [0, 0.1) is 13.8 Å². The summed E-state index contributed by atoms with van der Waals surface area (Å²) in [6.07, 6.45) is 0. The van der Waals surface area contributed by atoms with Gasteiger partial charge < -0.3 is 20.5 Å². The number of ether oxygens (including phenoxy) is 1. The molecule has 0 unspecified atom stereocenters. The van der Waals surface area contributed by atoms with E-state index in [0.717, 1.165) is 22.6 Å². The van der Waals surface area contributed by atoms with Gasteiger partial charge in [-0.2, -0.15) is 0 Å². The van der Waals surface area contributed by atoms with Crippen molar-refractivity contribution in [1.29, 1.82) is 0 Å². The maximum atomic E-state index is 9.20. The summed E-state index contributed by atoms with van der Waals surface area (Å²) in [5, 5.41) is 9.20. The van der Waals surface area contributed by atoms with Gasteiger partial charge in [-0.3, -0.25) is 4.98 Å². The van der Waals surface area contributed by atoms with E-state index in [1.54, 1.807) is 7.11 Å². The highest BCUT2D eigenvalue weighted by atomic mass is 32.1. The summed E-state index contributed by atoms with van der Waals surface area (Å²) < 4.78 is 5.10. The number of aliphatic hydroxyl groups is 1. The smallest absolute Gasteiger partial charge is 0.107 e. The number of aryl methyl sites for hydroxylation is 2. The monoisotopic (exact) mass is 283 g/mol. The SMILES string of the molecule is COCCN(CCO)c1cc(C)nc(C)c1C(N)=S. The van der Waals surface area contributed by atoms with Crippen LogP contribution >= 0.6 is 12.2 Å². The van der Waals surface area contributed by atoms with Crippen LogP contribution in [0.5, 0.6) is 0 Å². The van der Waals surface area contributed by atoms with E-state index in [1.807, 2.05) is 24.8 Å². The Morgan fingerprint density at radius 2 is 2.16 bits per heavy atom. The van der Waals surface area contributed by atoms with Gasteiger partial charge in [0, 0.05) is 31.6 Å². The third kappa shape index (κ3) is 4.12. The summed E-state index contributed by atoms with van der Waals surface area (Å²) in [7, 11) is 1.65. The van der Waals surface area contributed by atoms with E-state index >= 15 is 0 Å². The minimum absolute atomic E-state index is 0.0565. The minimum atomic E-state index is 0.0565. The Morgan fingerprint density at radius 3 is 2.68 bits per heavy atom. The normalized spacial score (nSPS) is 10.5. The molecule has 1 rings (SSSR count). The molecule has 0 spiro atoms. The van der Waals surface area contributed by atoms with Crippen LogP contribution in [0.1, 0.15) is 17.0 Å². The van der Waals surface area contributed by atoms with E-state index in [1.165, 1.54) is 0 Å². The second-order valence-corrected chi connectivity index (χ2v) is 4.75. The highest BCUT2D eigenvalue weighted by Crippen LogP contribution is 2.23. The third-order valence-corrected chi connectivity index (χ3v) is 3.03. The lowest BCUT2D eigenvalue weighted by Crippen LogP contribution is -2.32. The molecule has 0 bridgehead atoms. The van der Waals surface area contributed by atoms with Gasteiger partial charge in [0.25, 0.3) is 0 Å². The van der Waals surface area contributed by atoms with Gasteiger partial charge in [-0.15, -0.1) is 0 Å². The molecule has 106 valence electrons. The molecular formula is C13H21N3O2S. The molecule has 6 heteroatoms. The minimum Gasteiger partial charge on any atom is -0.395 e. The van der Waals surface area contributed by atoms with Crippen molar-refractivity contribution in [3.8, 4) is 0 Å². The number of pyridine rings is 1. The maximum Gasteiger partial charge on any atom is 0.107 e. The van der Waals surface area contributed by atoms with Crippen molar-refractivity contribution >= 4 is 22.9 Å². The van der Waals surface area contributed by atoms with Crippen molar-refractivity contribution in [2.45, 2.75) is 13.8 Å². The molecule has 1 aromatic heterocycles. The molecule has 0 aliphatic heterocycles. The lowest BCUT2D eigenvalue weighted by Gasteiger charge is -2.27. The highest BCUT2D eigenvalue weighted by molar-refractivity contribution is 7.80. The average molecular weight is 283 g/mol. The van der Waals surface area contributed by atoms with E-state index in [9.17, 15) is 5.11 Å². The molecule has 0 aliphatic rings. The summed E-state index contributed by atoms with van der Waals surface area (Å²) in [5.41, 5.74) is 9.18. The van der Waals surface area contributed by atoms with Crippen molar-refractivity contribution in [3.63, 3.8) is 0 Å². The number of nitrogens with zero attached hydrogens (tertiary/aromatic N) is 2. The second kappa shape index (κ2) is 7.37. The molecule has 0 saturated carbocycles. The zero-order valence-electron chi connectivity index (χ0n) is 11.6. The Balaban J connectivity index is 3.22. The lowest BCUT2D eigenvalue weighted by molar-refractivity contribution is 0.203. The van der Waals surface area contributed by atoms with Crippen LogP contribution in [0.2, 0.25) is 0 Å². The van der Waals surface area contributed by atoms with Crippen LogP contribution in [-0.2, 0) is 4.74 Å². The van der Waals surface area contributed by atoms with Crippen molar-refractivity contribution in [3.05, 3.63) is 23.0 Å². The Morgan fingerprint density at radius 1 is 1.47 bits per heavy atom. The predicted molar refractivity (Wildman–Crippen MR) is 80.8 cm³/mol. The fourth-order valence-corrected chi connectivity index (χ4v) is 2.29. The van der Waals surface area contributed by atoms with Gasteiger partial charge in [-0.1, -0.05) is 12.2 Å². The number of hydrogen-bond acceptors (Lipinski definition) is 5. The maximum absolute atomic E-state index is 9.20. The van der Waals surface area contributed by atoms with Crippen LogP contribution in [-0.4, -0.2) is 48.5 Å². The molecule has 5 nitrogen and oxygen atoms in total. The summed E-state index contributed by atoms with van der Waals surface area (Å²) in [6.45, 7) is 5.60. The van der Waals surface area contributed by atoms with Gasteiger partial charge in [0.15, 0.2) is 0 Å². The molecule has 0 atom stereocenters. The van der Waals surface area contributed by atoms with Crippen LogP contribution < -0.4 is 10.6 Å². The fourth-order valence-electron chi connectivity index (χ4n) is 2.04. The molecule has 1 heterocycles. The molecule has 0 saturated heterocycles. The first-order chi connectivity index (χ1) is 9.01. The summed E-state index contributed by atoms with van der Waals surface area (Å²) in [4.78, 5) is 6.72. The number of hydrogen-bond donors (Lipinski definition) is 2. The van der Waals surface area contributed by atoms with Crippen molar-refractivity contribution in [1.82, 2.24) is 4.98 Å². The van der Waals surface area contributed by atoms with Crippen molar-refractivity contribution in [2.75, 3.05) is 38.3 Å². The molecule has 3 N–H and O–H groups in total. The van der Waals surface area contributed by atoms with Gasteiger partial charge >= 0.3 is 0 Å². The molecular weight excluding hydrogens is 262 g/mol. The first-order valence-electron chi connectivity index (χ1n) is 6.14. The van der Waals surface area contributed by atoms with E-state index < -0.39 is 0 Å². The summed E-state index contributed by atoms with van der Waals surface area (Å²) >= 11 is 5.11. The Labute approximate surface area is 119 Å². The number of aliphatic hydroxyl groups excluding tert-OH is 1. The Hall–Kier alpha value is -1.24. The zero-order chi connectivity index (χ0) is 14.4. The zero-order valence-corrected chi connectivity index (χ0v) is 12.5. The van der Waals surface area contributed by atoms with Gasteiger partial charge in [0.2, 0.25) is 0 Å². The summed E-state index contributed by atoms with van der Waals surface area (Å²) in [5.74, 6) is 0. The number of anilines is 1. The fraction of sp³-hybridized carbons (Fsp3) is 0.538. The van der Waals surface area contributed by atoms with Crippen molar-refractivity contribution in [2.24, 2.45) is 5.73 Å². The van der Waals surface area contributed by atoms with Crippen LogP contribution in [0.4, 0.5) is 5.69 Å². The molecule has 0 aromatic carbocycles. The number of rotatable bonds is 7. The van der Waals surface area contributed by atoms with Gasteiger partial charge in [0.05, 0.1) is 24.5 Å². The predicted octanol–water partition coefficient (Wildman–Crippen LogP) is 0.778. The largest absolute Gasteiger partial charge is 0.395 e. The first kappa shape index (κ1) is 15.8. The standard InChI is InChI=1S/C13H21N3O2S/c1-9-8-11(12(13(14)19)10(2)15-9)16(4-6-17)5-7-18-3/h8,17H,4-7H2,1-3H3,(H2,14,19). The molecule has 0 fully saturated rings.